The fourth-order valence-corrected chi connectivity index (χ4v) is 2.74. The van der Waals surface area contributed by atoms with Gasteiger partial charge in [0.2, 0.25) is 0 Å². The van der Waals surface area contributed by atoms with E-state index in [1.54, 1.807) is 60.7 Å². The normalized spacial score (nSPS) is 10.3. The number of carbonyl (C=O) groups excluding carboxylic acids is 1. The molecule has 0 saturated heterocycles. The number of hydrogen-bond donors (Lipinski definition) is 2. The smallest absolute Gasteiger partial charge is 0.336 e. The maximum Gasteiger partial charge on any atom is 0.336 e. The molecule has 0 aliphatic heterocycles. The minimum Gasteiger partial charge on any atom is -0.478 e. The highest BCUT2D eigenvalue weighted by Gasteiger charge is 2.23. The first-order chi connectivity index (χ1) is 12.5. The van der Waals surface area contributed by atoms with Crippen LogP contribution in [0.25, 0.3) is 11.1 Å². The molecule has 0 atom stereocenters. The quantitative estimate of drug-likeness (QED) is 0.682. The molecule has 0 heterocycles. The van der Waals surface area contributed by atoms with E-state index in [0.29, 0.717) is 11.1 Å². The molecule has 0 saturated carbocycles. The highest BCUT2D eigenvalue weighted by molar-refractivity contribution is 6.16. The number of benzene rings is 3. The third-order valence-electron chi connectivity index (χ3n) is 3.98. The van der Waals surface area contributed by atoms with Gasteiger partial charge in [0.15, 0.2) is 5.78 Å². The molecule has 0 fully saturated rings. The van der Waals surface area contributed by atoms with Crippen molar-refractivity contribution in [3.05, 3.63) is 95.1 Å². The van der Waals surface area contributed by atoms with Crippen LogP contribution in [0.15, 0.2) is 72.8 Å². The predicted molar refractivity (Wildman–Crippen MR) is 95.7 cm³/mol. The first-order valence-electron chi connectivity index (χ1n) is 7.79. The fraction of sp³-hybridized carbons (Fsp3) is 0. The largest absolute Gasteiger partial charge is 0.478 e. The van der Waals surface area contributed by atoms with Gasteiger partial charge in [0.1, 0.15) is 0 Å². The Morgan fingerprint density at radius 3 is 1.69 bits per heavy atom. The van der Waals surface area contributed by atoms with E-state index in [4.69, 9.17) is 0 Å². The summed E-state index contributed by atoms with van der Waals surface area (Å²) in [6.07, 6.45) is 0. The fourth-order valence-electron chi connectivity index (χ4n) is 2.74. The Bertz CT molecular complexity index is 992. The van der Waals surface area contributed by atoms with Crippen LogP contribution in [0.2, 0.25) is 0 Å². The molecule has 0 unspecified atom stereocenters. The standard InChI is InChI=1S/C21H14O5/c22-19(14-9-5-2-6-10-14)16-12-17(20(23)24)15(11-18(16)21(25)26)13-7-3-1-4-8-13/h1-12H,(H,23,24)(H,25,26). The minimum absolute atomic E-state index is 0.125. The van der Waals surface area contributed by atoms with E-state index >= 15 is 0 Å². The van der Waals surface area contributed by atoms with Crippen molar-refractivity contribution in [1.82, 2.24) is 0 Å². The third kappa shape index (κ3) is 3.23. The van der Waals surface area contributed by atoms with Crippen LogP contribution >= 0.6 is 0 Å². The van der Waals surface area contributed by atoms with Gasteiger partial charge in [-0.2, -0.15) is 0 Å². The van der Waals surface area contributed by atoms with Crippen LogP contribution in [0.1, 0.15) is 36.6 Å². The van der Waals surface area contributed by atoms with E-state index in [1.165, 1.54) is 6.07 Å². The Hall–Kier alpha value is -3.73. The van der Waals surface area contributed by atoms with Crippen LogP contribution < -0.4 is 0 Å². The maximum atomic E-state index is 12.7. The number of carboxylic acids is 2. The van der Waals surface area contributed by atoms with Crippen molar-refractivity contribution in [3.63, 3.8) is 0 Å². The monoisotopic (exact) mass is 346 g/mol. The van der Waals surface area contributed by atoms with E-state index < -0.39 is 17.7 Å². The SMILES string of the molecule is O=C(O)c1cc(-c2ccccc2)c(C(=O)O)cc1C(=O)c1ccccc1. The first kappa shape index (κ1) is 17.1. The zero-order valence-corrected chi connectivity index (χ0v) is 13.5. The van der Waals surface area contributed by atoms with Crippen LogP contribution in [0.5, 0.6) is 0 Å². The lowest BCUT2D eigenvalue weighted by Gasteiger charge is -2.12. The highest BCUT2D eigenvalue weighted by atomic mass is 16.4. The topological polar surface area (TPSA) is 91.7 Å². The zero-order valence-electron chi connectivity index (χ0n) is 13.5. The van der Waals surface area contributed by atoms with Crippen LogP contribution in [0.4, 0.5) is 0 Å². The predicted octanol–water partition coefficient (Wildman–Crippen LogP) is 3.98. The van der Waals surface area contributed by atoms with Gasteiger partial charge in [-0.1, -0.05) is 60.7 Å². The number of aromatic carboxylic acids is 2. The van der Waals surface area contributed by atoms with Crippen molar-refractivity contribution in [1.29, 1.82) is 0 Å². The average molecular weight is 346 g/mol. The van der Waals surface area contributed by atoms with E-state index in [1.807, 2.05) is 0 Å². The van der Waals surface area contributed by atoms with Gasteiger partial charge in [-0.05, 0) is 23.3 Å². The van der Waals surface area contributed by atoms with Crippen LogP contribution in [0, 0.1) is 0 Å². The molecule has 0 spiro atoms. The van der Waals surface area contributed by atoms with Crippen molar-refractivity contribution < 1.29 is 24.6 Å². The summed E-state index contributed by atoms with van der Waals surface area (Å²) in [5.41, 5.74) is 0.592. The molecule has 3 aromatic rings. The Morgan fingerprint density at radius 1 is 0.615 bits per heavy atom. The van der Waals surface area contributed by atoms with Gasteiger partial charge >= 0.3 is 11.9 Å². The van der Waals surface area contributed by atoms with Crippen molar-refractivity contribution in [2.75, 3.05) is 0 Å². The second-order valence-corrected chi connectivity index (χ2v) is 5.61. The minimum atomic E-state index is -1.29. The van der Waals surface area contributed by atoms with E-state index in [0.717, 1.165) is 6.07 Å². The summed E-state index contributed by atoms with van der Waals surface area (Å²) in [5.74, 6) is -3.06. The molecule has 0 aliphatic rings. The maximum absolute atomic E-state index is 12.7. The summed E-state index contributed by atoms with van der Waals surface area (Å²) in [6.45, 7) is 0. The average Bonchev–Trinajstić information content (AvgIpc) is 2.67. The van der Waals surface area contributed by atoms with Gasteiger partial charge in [0.05, 0.1) is 11.1 Å². The molecule has 5 nitrogen and oxygen atoms in total. The van der Waals surface area contributed by atoms with Gasteiger partial charge < -0.3 is 10.2 Å². The van der Waals surface area contributed by atoms with Crippen LogP contribution in [-0.4, -0.2) is 27.9 Å². The van der Waals surface area contributed by atoms with E-state index in [2.05, 4.69) is 0 Å². The Kier molecular flexibility index (Phi) is 4.62. The summed E-state index contributed by atoms with van der Waals surface area (Å²) in [4.78, 5) is 36.2. The summed E-state index contributed by atoms with van der Waals surface area (Å²) in [7, 11) is 0. The number of ketones is 1. The molecule has 128 valence electrons. The molecular formula is C21H14O5. The van der Waals surface area contributed by atoms with E-state index in [9.17, 15) is 24.6 Å². The molecule has 3 rings (SSSR count). The summed E-state index contributed by atoms with van der Waals surface area (Å²) in [6, 6.07) is 19.1. The molecule has 0 bridgehead atoms. The lowest BCUT2D eigenvalue weighted by atomic mass is 9.90. The van der Waals surface area contributed by atoms with Crippen LogP contribution in [0.3, 0.4) is 0 Å². The lowest BCUT2D eigenvalue weighted by Crippen LogP contribution is -2.13. The molecule has 0 radical (unpaired) electrons. The molecular weight excluding hydrogens is 332 g/mol. The number of carboxylic acid groups (broad SMARTS) is 2. The summed E-state index contributed by atoms with van der Waals surface area (Å²) >= 11 is 0. The van der Waals surface area contributed by atoms with Gasteiger partial charge in [0, 0.05) is 11.1 Å². The van der Waals surface area contributed by atoms with Crippen molar-refractivity contribution in [3.8, 4) is 11.1 Å². The van der Waals surface area contributed by atoms with Crippen molar-refractivity contribution in [2.24, 2.45) is 0 Å². The number of carbonyl (C=O) groups is 3. The van der Waals surface area contributed by atoms with Gasteiger partial charge in [-0.15, -0.1) is 0 Å². The summed E-state index contributed by atoms with van der Waals surface area (Å²) < 4.78 is 0. The second kappa shape index (κ2) is 7.03. The van der Waals surface area contributed by atoms with Crippen LogP contribution in [-0.2, 0) is 0 Å². The van der Waals surface area contributed by atoms with Gasteiger partial charge in [-0.25, -0.2) is 9.59 Å². The molecule has 3 aromatic carbocycles. The lowest BCUT2D eigenvalue weighted by molar-refractivity contribution is 0.0679. The number of hydrogen-bond acceptors (Lipinski definition) is 3. The number of rotatable bonds is 5. The third-order valence-corrected chi connectivity index (χ3v) is 3.98. The van der Waals surface area contributed by atoms with Gasteiger partial charge in [0.25, 0.3) is 0 Å². The molecule has 26 heavy (non-hydrogen) atoms. The Labute approximate surface area is 149 Å². The first-order valence-corrected chi connectivity index (χ1v) is 7.79. The van der Waals surface area contributed by atoms with Crippen molar-refractivity contribution >= 4 is 17.7 Å². The summed E-state index contributed by atoms with van der Waals surface area (Å²) in [5, 5.41) is 19.1. The van der Waals surface area contributed by atoms with E-state index in [-0.39, 0.29) is 22.3 Å². The van der Waals surface area contributed by atoms with Crippen molar-refractivity contribution in [2.45, 2.75) is 0 Å². The molecule has 2 N–H and O–H groups in total. The zero-order chi connectivity index (χ0) is 18.7. The highest BCUT2D eigenvalue weighted by Crippen LogP contribution is 2.29. The molecule has 5 heteroatoms. The molecule has 0 amide bonds. The second-order valence-electron chi connectivity index (χ2n) is 5.61. The molecule has 0 aliphatic carbocycles. The van der Waals surface area contributed by atoms with Gasteiger partial charge in [-0.3, -0.25) is 4.79 Å². The molecule has 0 aromatic heterocycles. The Morgan fingerprint density at radius 2 is 1.15 bits per heavy atom. The Balaban J connectivity index is 2.26.